The van der Waals surface area contributed by atoms with Gasteiger partial charge in [-0.1, -0.05) is 36.9 Å². The minimum absolute atomic E-state index is 0.0353. The molecule has 4 heteroatoms. The molecule has 18 heavy (non-hydrogen) atoms. The number of hydrogen-bond acceptors (Lipinski definition) is 4. The Morgan fingerprint density at radius 1 is 1.50 bits per heavy atom. The fraction of sp³-hybridized carbons (Fsp3) is 0.0714. The van der Waals surface area contributed by atoms with Gasteiger partial charge in [0.2, 0.25) is 0 Å². The smallest absolute Gasteiger partial charge is 0.0720 e. The van der Waals surface area contributed by atoms with Gasteiger partial charge in [0.25, 0.3) is 0 Å². The molecule has 0 aliphatic rings. The van der Waals surface area contributed by atoms with E-state index in [1.54, 1.807) is 6.08 Å². The Labute approximate surface area is 107 Å². The average molecular weight is 243 g/mol. The van der Waals surface area contributed by atoms with Crippen LogP contribution in [0.25, 0.3) is 6.08 Å². The second-order valence-electron chi connectivity index (χ2n) is 3.57. The van der Waals surface area contributed by atoms with Gasteiger partial charge in [-0.2, -0.15) is 0 Å². The molecule has 5 N–H and O–H groups in total. The van der Waals surface area contributed by atoms with Gasteiger partial charge in [-0.15, -0.1) is 0 Å². The maximum atomic E-state index is 9.13. The minimum atomic E-state index is -0.0353. The Morgan fingerprint density at radius 2 is 2.28 bits per heavy atom. The lowest BCUT2D eigenvalue weighted by Gasteiger charge is -2.11. The van der Waals surface area contributed by atoms with Gasteiger partial charge in [0.05, 0.1) is 12.3 Å². The highest BCUT2D eigenvalue weighted by atomic mass is 16.3. The molecular formula is C14H17N3O. The van der Waals surface area contributed by atoms with E-state index in [1.165, 1.54) is 6.20 Å². The maximum Gasteiger partial charge on any atom is 0.0720 e. The van der Waals surface area contributed by atoms with Crippen molar-refractivity contribution in [2.75, 3.05) is 5.32 Å². The Morgan fingerprint density at radius 3 is 2.83 bits per heavy atom. The maximum absolute atomic E-state index is 9.13. The zero-order valence-corrected chi connectivity index (χ0v) is 10.1. The van der Waals surface area contributed by atoms with E-state index in [9.17, 15) is 0 Å². The molecule has 1 aromatic carbocycles. The Balaban J connectivity index is 3.14. The molecule has 0 radical (unpaired) electrons. The van der Waals surface area contributed by atoms with E-state index in [-0.39, 0.29) is 6.61 Å². The van der Waals surface area contributed by atoms with E-state index in [2.05, 4.69) is 11.9 Å². The second kappa shape index (κ2) is 7.09. The third kappa shape index (κ3) is 3.61. The van der Waals surface area contributed by atoms with Crippen LogP contribution in [0.2, 0.25) is 0 Å². The molecule has 0 aliphatic carbocycles. The molecule has 4 nitrogen and oxygen atoms in total. The molecule has 0 spiro atoms. The summed E-state index contributed by atoms with van der Waals surface area (Å²) in [6, 6.07) is 5.53. The van der Waals surface area contributed by atoms with Gasteiger partial charge in [0.1, 0.15) is 0 Å². The summed E-state index contributed by atoms with van der Waals surface area (Å²) in [6.07, 6.45) is 7.83. The second-order valence-corrected chi connectivity index (χ2v) is 3.57. The third-order valence-electron chi connectivity index (χ3n) is 2.33. The summed E-state index contributed by atoms with van der Waals surface area (Å²) in [5.74, 6) is 0. The summed E-state index contributed by atoms with van der Waals surface area (Å²) in [4.78, 5) is 0. The van der Waals surface area contributed by atoms with E-state index in [4.69, 9.17) is 16.2 Å². The van der Waals surface area contributed by atoms with E-state index in [0.717, 1.165) is 23.0 Å². The lowest BCUT2D eigenvalue weighted by molar-refractivity contribution is 0.282. The molecule has 0 saturated heterocycles. The lowest BCUT2D eigenvalue weighted by atomic mass is 10.1. The van der Waals surface area contributed by atoms with Gasteiger partial charge < -0.3 is 21.6 Å². The van der Waals surface area contributed by atoms with Crippen molar-refractivity contribution >= 4 is 18.0 Å². The molecule has 1 aromatic rings. The summed E-state index contributed by atoms with van der Waals surface area (Å²) in [5.41, 5.74) is 8.37. The number of allylic oxidation sites excluding steroid dienone is 3. The first-order valence-electron chi connectivity index (χ1n) is 5.47. The summed E-state index contributed by atoms with van der Waals surface area (Å²) in [7, 11) is 0. The first-order chi connectivity index (χ1) is 8.74. The molecule has 0 unspecified atom stereocenters. The quantitative estimate of drug-likeness (QED) is 0.457. The molecule has 0 aromatic heterocycles. The summed E-state index contributed by atoms with van der Waals surface area (Å²) in [5, 5.41) is 19.4. The number of anilines is 1. The molecule has 94 valence electrons. The summed E-state index contributed by atoms with van der Waals surface area (Å²) in [6.45, 7) is 3.58. The number of benzene rings is 1. The van der Waals surface area contributed by atoms with Crippen molar-refractivity contribution < 1.29 is 5.11 Å². The number of aliphatic hydroxyl groups excluding tert-OH is 1. The fourth-order valence-electron chi connectivity index (χ4n) is 1.41. The van der Waals surface area contributed by atoms with Crippen LogP contribution in [0.4, 0.5) is 5.69 Å². The highest BCUT2D eigenvalue weighted by Gasteiger charge is 2.02. The van der Waals surface area contributed by atoms with E-state index in [0.29, 0.717) is 5.70 Å². The van der Waals surface area contributed by atoms with Gasteiger partial charge in [-0.3, -0.25) is 0 Å². The largest absolute Gasteiger partial charge is 0.403 e. The molecule has 0 bridgehead atoms. The molecule has 0 saturated carbocycles. The number of nitrogens with one attached hydrogen (secondary N) is 2. The van der Waals surface area contributed by atoms with Crippen LogP contribution < -0.4 is 11.1 Å². The normalized spacial score (nSPS) is 11.5. The van der Waals surface area contributed by atoms with Crippen LogP contribution >= 0.6 is 0 Å². The van der Waals surface area contributed by atoms with E-state index in [1.807, 2.05) is 30.4 Å². The monoisotopic (exact) mass is 243 g/mol. The van der Waals surface area contributed by atoms with Crippen molar-refractivity contribution in [1.82, 2.24) is 0 Å². The predicted molar refractivity (Wildman–Crippen MR) is 76.3 cm³/mol. The SMILES string of the molecule is C=C/C=C/c1ccc(CO)cc1N/C(C=N)=C\N. The highest BCUT2D eigenvalue weighted by molar-refractivity contribution is 5.83. The molecular weight excluding hydrogens is 226 g/mol. The van der Waals surface area contributed by atoms with E-state index < -0.39 is 0 Å². The standard InChI is InChI=1S/C14H17N3O/c1-2-3-4-12-6-5-11(10-18)7-14(12)17-13(8-15)9-16/h2-9,15,17-18H,1,10,16H2/b4-3+,13-9-,15-8?. The Hall–Kier alpha value is -2.33. The zero-order valence-electron chi connectivity index (χ0n) is 10.1. The van der Waals surface area contributed by atoms with Crippen molar-refractivity contribution in [2.45, 2.75) is 6.61 Å². The third-order valence-corrected chi connectivity index (χ3v) is 2.33. The van der Waals surface area contributed by atoms with Crippen LogP contribution in [0.5, 0.6) is 0 Å². The van der Waals surface area contributed by atoms with Crippen LogP contribution in [0.3, 0.4) is 0 Å². The average Bonchev–Trinajstić information content (AvgIpc) is 2.42. The number of rotatable bonds is 6. The Kier molecular flexibility index (Phi) is 5.41. The van der Waals surface area contributed by atoms with Crippen molar-refractivity contribution in [3.8, 4) is 0 Å². The van der Waals surface area contributed by atoms with Gasteiger partial charge in [0, 0.05) is 18.1 Å². The fourth-order valence-corrected chi connectivity index (χ4v) is 1.41. The van der Waals surface area contributed by atoms with Crippen molar-refractivity contribution in [3.63, 3.8) is 0 Å². The van der Waals surface area contributed by atoms with Crippen LogP contribution in [-0.4, -0.2) is 11.3 Å². The molecule has 0 atom stereocenters. The predicted octanol–water partition coefficient (Wildman–Crippen LogP) is 2.24. The summed E-state index contributed by atoms with van der Waals surface area (Å²) < 4.78 is 0. The number of nitrogens with two attached hydrogens (primary N) is 1. The van der Waals surface area contributed by atoms with Crippen molar-refractivity contribution in [1.29, 1.82) is 5.41 Å². The van der Waals surface area contributed by atoms with Crippen LogP contribution in [0, 0.1) is 5.41 Å². The highest BCUT2D eigenvalue weighted by Crippen LogP contribution is 2.21. The zero-order chi connectivity index (χ0) is 13.4. The van der Waals surface area contributed by atoms with Crippen molar-refractivity contribution in [2.24, 2.45) is 5.73 Å². The van der Waals surface area contributed by atoms with Gasteiger partial charge in [-0.05, 0) is 17.2 Å². The first-order valence-corrected chi connectivity index (χ1v) is 5.47. The van der Waals surface area contributed by atoms with E-state index >= 15 is 0 Å². The topological polar surface area (TPSA) is 82.1 Å². The minimum Gasteiger partial charge on any atom is -0.403 e. The molecule has 1 rings (SSSR count). The van der Waals surface area contributed by atoms with Crippen molar-refractivity contribution in [3.05, 3.63) is 60.0 Å². The van der Waals surface area contributed by atoms with Gasteiger partial charge in [-0.25, -0.2) is 0 Å². The molecule has 0 heterocycles. The van der Waals surface area contributed by atoms with Gasteiger partial charge in [0.15, 0.2) is 0 Å². The Bertz CT molecular complexity index is 490. The summed E-state index contributed by atoms with van der Waals surface area (Å²) >= 11 is 0. The van der Waals surface area contributed by atoms with Crippen LogP contribution in [0.15, 0.2) is 48.8 Å². The first kappa shape index (κ1) is 13.7. The molecule has 0 fully saturated rings. The van der Waals surface area contributed by atoms with Crippen LogP contribution in [-0.2, 0) is 6.61 Å². The lowest BCUT2D eigenvalue weighted by Crippen LogP contribution is -2.05. The van der Waals surface area contributed by atoms with Crippen LogP contribution in [0.1, 0.15) is 11.1 Å². The molecule has 0 amide bonds. The number of hydrogen-bond donors (Lipinski definition) is 4. The van der Waals surface area contributed by atoms with Gasteiger partial charge >= 0.3 is 0 Å². The number of aliphatic hydroxyl groups is 1. The molecule has 0 aliphatic heterocycles.